The first-order valence-electron chi connectivity index (χ1n) is 8.05. The zero-order valence-electron chi connectivity index (χ0n) is 13.7. The Morgan fingerprint density at radius 2 is 1.83 bits per heavy atom. The van der Waals surface area contributed by atoms with Gasteiger partial charge in [0.15, 0.2) is 0 Å². The number of thioether (sulfide) groups is 1. The number of amides is 1. The smallest absolute Gasteiger partial charge is 0.240 e. The average Bonchev–Trinajstić information content (AvgIpc) is 3.02. The van der Waals surface area contributed by atoms with E-state index < -0.39 is 0 Å². The highest BCUT2D eigenvalue weighted by Crippen LogP contribution is 2.24. The van der Waals surface area contributed by atoms with Crippen LogP contribution in [0.3, 0.4) is 0 Å². The van der Waals surface area contributed by atoms with Gasteiger partial charge in [0.2, 0.25) is 5.91 Å². The second-order valence-corrected chi connectivity index (χ2v) is 7.09. The fourth-order valence-electron chi connectivity index (χ4n) is 3.04. The lowest BCUT2D eigenvalue weighted by Crippen LogP contribution is -2.49. The number of ether oxygens (including phenoxy) is 2. The largest absolute Gasteiger partial charge is 0.497 e. The summed E-state index contributed by atoms with van der Waals surface area (Å²) < 4.78 is 11.2. The van der Waals surface area contributed by atoms with Crippen LogP contribution >= 0.6 is 11.8 Å². The molecule has 2 aliphatic rings. The Bertz CT molecular complexity index is 529. The van der Waals surface area contributed by atoms with Gasteiger partial charge in [-0.05, 0) is 31.3 Å². The van der Waals surface area contributed by atoms with Crippen LogP contribution in [0.25, 0.3) is 0 Å². The monoisotopic (exact) mass is 336 g/mol. The highest BCUT2D eigenvalue weighted by molar-refractivity contribution is 7.99. The Labute approximate surface area is 141 Å². The highest BCUT2D eigenvalue weighted by atomic mass is 32.2. The molecule has 2 aliphatic heterocycles. The minimum atomic E-state index is 0.0547. The van der Waals surface area contributed by atoms with E-state index in [2.05, 4.69) is 4.90 Å². The molecule has 5 nitrogen and oxygen atoms in total. The van der Waals surface area contributed by atoms with Gasteiger partial charge < -0.3 is 14.4 Å². The van der Waals surface area contributed by atoms with Gasteiger partial charge in [0.25, 0.3) is 0 Å². The number of benzene rings is 1. The lowest BCUT2D eigenvalue weighted by molar-refractivity contribution is -0.136. The van der Waals surface area contributed by atoms with Crippen LogP contribution in [0.5, 0.6) is 11.5 Å². The highest BCUT2D eigenvalue weighted by Gasteiger charge is 2.33. The van der Waals surface area contributed by atoms with E-state index >= 15 is 0 Å². The Balaban J connectivity index is 1.49. The van der Waals surface area contributed by atoms with Crippen molar-refractivity contribution in [2.45, 2.75) is 25.0 Å². The summed E-state index contributed by atoms with van der Waals surface area (Å²) in [5.41, 5.74) is 0. The maximum atomic E-state index is 12.6. The van der Waals surface area contributed by atoms with Gasteiger partial charge in [-0.1, -0.05) is 0 Å². The van der Waals surface area contributed by atoms with Crippen molar-refractivity contribution in [3.05, 3.63) is 24.3 Å². The van der Waals surface area contributed by atoms with Crippen LogP contribution in [0.15, 0.2) is 24.3 Å². The molecule has 0 unspecified atom stereocenters. The van der Waals surface area contributed by atoms with Crippen LogP contribution in [-0.2, 0) is 4.79 Å². The van der Waals surface area contributed by atoms with E-state index in [-0.39, 0.29) is 18.1 Å². The SMILES string of the molecule is COc1ccc(OC2CCN(C(=O)[C@@H]3CSCN3C)CC2)cc1. The van der Waals surface area contributed by atoms with Crippen LogP contribution in [0.4, 0.5) is 0 Å². The summed E-state index contributed by atoms with van der Waals surface area (Å²) in [6.45, 7) is 1.57. The molecule has 1 amide bonds. The second kappa shape index (κ2) is 7.45. The number of likely N-dealkylation sites (N-methyl/N-ethyl adjacent to an activating group) is 1. The van der Waals surface area contributed by atoms with Crippen molar-refractivity contribution in [2.75, 3.05) is 38.9 Å². The van der Waals surface area contributed by atoms with Gasteiger partial charge in [-0.2, -0.15) is 0 Å². The van der Waals surface area contributed by atoms with Gasteiger partial charge in [0.1, 0.15) is 17.6 Å². The lowest BCUT2D eigenvalue weighted by atomic mass is 10.1. The number of methoxy groups -OCH3 is 1. The third kappa shape index (κ3) is 3.93. The summed E-state index contributed by atoms with van der Waals surface area (Å²) in [5.74, 6) is 3.84. The number of carbonyl (C=O) groups excluding carboxylic acids is 1. The molecular weight excluding hydrogens is 312 g/mol. The van der Waals surface area contributed by atoms with E-state index in [1.54, 1.807) is 7.11 Å². The van der Waals surface area contributed by atoms with Crippen molar-refractivity contribution < 1.29 is 14.3 Å². The summed E-state index contributed by atoms with van der Waals surface area (Å²) in [6, 6.07) is 7.73. The zero-order chi connectivity index (χ0) is 16.2. The molecule has 2 heterocycles. The maximum absolute atomic E-state index is 12.6. The summed E-state index contributed by atoms with van der Waals surface area (Å²) in [6.07, 6.45) is 1.96. The quantitative estimate of drug-likeness (QED) is 0.842. The van der Waals surface area contributed by atoms with E-state index in [0.29, 0.717) is 0 Å². The van der Waals surface area contributed by atoms with E-state index in [1.807, 2.05) is 48.0 Å². The van der Waals surface area contributed by atoms with Crippen LogP contribution in [-0.4, -0.2) is 66.7 Å². The molecule has 3 rings (SSSR count). The summed E-state index contributed by atoms with van der Waals surface area (Å²) in [5, 5.41) is 0. The van der Waals surface area contributed by atoms with Gasteiger partial charge in [-0.15, -0.1) is 11.8 Å². The van der Waals surface area contributed by atoms with E-state index in [4.69, 9.17) is 9.47 Å². The first-order valence-corrected chi connectivity index (χ1v) is 9.20. The molecule has 0 aromatic heterocycles. The number of hydrogen-bond donors (Lipinski definition) is 0. The normalized spacial score (nSPS) is 23.0. The molecule has 0 bridgehead atoms. The summed E-state index contributed by atoms with van der Waals surface area (Å²) in [4.78, 5) is 16.7. The van der Waals surface area contributed by atoms with Crippen molar-refractivity contribution in [2.24, 2.45) is 0 Å². The van der Waals surface area contributed by atoms with Gasteiger partial charge in [0, 0.05) is 37.6 Å². The molecule has 0 saturated carbocycles. The number of nitrogens with zero attached hydrogens (tertiary/aromatic N) is 2. The topological polar surface area (TPSA) is 42.0 Å². The lowest BCUT2D eigenvalue weighted by Gasteiger charge is -2.34. The van der Waals surface area contributed by atoms with Crippen LogP contribution in [0.2, 0.25) is 0 Å². The molecule has 23 heavy (non-hydrogen) atoms. The second-order valence-electron chi connectivity index (χ2n) is 6.09. The number of piperidine rings is 1. The Morgan fingerprint density at radius 3 is 2.39 bits per heavy atom. The first kappa shape index (κ1) is 16.5. The van der Waals surface area contributed by atoms with E-state index in [9.17, 15) is 4.79 Å². The molecule has 0 N–H and O–H groups in total. The molecule has 0 aliphatic carbocycles. The minimum Gasteiger partial charge on any atom is -0.497 e. The number of hydrogen-bond acceptors (Lipinski definition) is 5. The molecule has 1 atom stereocenters. The number of likely N-dealkylation sites (tertiary alicyclic amines) is 1. The van der Waals surface area contributed by atoms with Gasteiger partial charge in [0.05, 0.1) is 13.2 Å². The first-order chi connectivity index (χ1) is 11.2. The molecule has 0 radical (unpaired) electrons. The average molecular weight is 336 g/mol. The van der Waals surface area contributed by atoms with E-state index in [0.717, 1.165) is 49.1 Å². The standard InChI is InChI=1S/C17H24N2O3S/c1-18-12-23-11-16(18)17(20)19-9-7-15(8-10-19)22-14-5-3-13(21-2)4-6-14/h3-6,15-16H,7-12H2,1-2H3/t16-/m0/s1. The van der Waals surface area contributed by atoms with Crippen molar-refractivity contribution >= 4 is 17.7 Å². The molecule has 0 spiro atoms. The summed E-state index contributed by atoms with van der Waals surface area (Å²) in [7, 11) is 3.69. The minimum absolute atomic E-state index is 0.0547. The van der Waals surface area contributed by atoms with Gasteiger partial charge in [-0.25, -0.2) is 0 Å². The fraction of sp³-hybridized carbons (Fsp3) is 0.588. The Kier molecular flexibility index (Phi) is 5.33. The summed E-state index contributed by atoms with van der Waals surface area (Å²) >= 11 is 1.83. The Hall–Kier alpha value is -1.40. The van der Waals surface area contributed by atoms with E-state index in [1.165, 1.54) is 0 Å². The van der Waals surface area contributed by atoms with Crippen LogP contribution < -0.4 is 9.47 Å². The van der Waals surface area contributed by atoms with Crippen LogP contribution in [0, 0.1) is 0 Å². The molecule has 1 aromatic carbocycles. The van der Waals surface area contributed by atoms with Crippen molar-refractivity contribution in [3.63, 3.8) is 0 Å². The van der Waals surface area contributed by atoms with Gasteiger partial charge >= 0.3 is 0 Å². The van der Waals surface area contributed by atoms with Crippen LogP contribution in [0.1, 0.15) is 12.8 Å². The number of carbonyl (C=O) groups is 1. The van der Waals surface area contributed by atoms with Gasteiger partial charge in [-0.3, -0.25) is 9.69 Å². The zero-order valence-corrected chi connectivity index (χ0v) is 14.6. The predicted octanol–water partition coefficient (Wildman–Crippen LogP) is 2.07. The molecular formula is C17H24N2O3S. The fourth-order valence-corrected chi connectivity index (χ4v) is 4.23. The maximum Gasteiger partial charge on any atom is 0.240 e. The molecule has 2 saturated heterocycles. The molecule has 1 aromatic rings. The Morgan fingerprint density at radius 1 is 1.17 bits per heavy atom. The molecule has 126 valence electrons. The third-order valence-electron chi connectivity index (χ3n) is 4.50. The molecule has 2 fully saturated rings. The predicted molar refractivity (Wildman–Crippen MR) is 92.1 cm³/mol. The van der Waals surface area contributed by atoms with Crippen molar-refractivity contribution in [1.29, 1.82) is 0 Å². The number of rotatable bonds is 4. The molecule has 6 heteroatoms. The van der Waals surface area contributed by atoms with Crippen molar-refractivity contribution in [3.8, 4) is 11.5 Å². The van der Waals surface area contributed by atoms with Crippen molar-refractivity contribution in [1.82, 2.24) is 9.80 Å². The third-order valence-corrected chi connectivity index (χ3v) is 5.64.